The molecule has 5 rings (SSSR count). The molecule has 1 aromatic carbocycles. The summed E-state index contributed by atoms with van der Waals surface area (Å²) in [6.07, 6.45) is 0.218. The Balaban J connectivity index is 0.000000541. The minimum atomic E-state index is -5.08. The number of anilines is 1. The number of aryl methyl sites for hydroxylation is 1. The van der Waals surface area contributed by atoms with Gasteiger partial charge in [0, 0.05) is 71.3 Å². The van der Waals surface area contributed by atoms with Crippen molar-refractivity contribution in [1.29, 1.82) is 0 Å². The standard InChI is InChI=1S/C27H37N7O2.C2HF3O2/c1-3-34-26-23(18-30-34)25(31-22-8-14-36-15-9-22)24(17-28-26)27(35)29-16-20-4-6-21(7-5-20)19-33-12-10-32(2)11-13-33;3-2(4,5)1(6)7/h4-7,17-18,22H,3,8-16,19H2,1-2H3,(H,28,31)(H,29,35);(H,6,7). The quantitative estimate of drug-likeness (QED) is 0.355. The van der Waals surface area contributed by atoms with Gasteiger partial charge in [-0.05, 0) is 37.9 Å². The van der Waals surface area contributed by atoms with E-state index in [1.807, 2.05) is 17.8 Å². The summed E-state index contributed by atoms with van der Waals surface area (Å²) < 4.78 is 39.1. The monoisotopic (exact) mass is 605 g/mol. The maximum absolute atomic E-state index is 13.3. The average Bonchev–Trinajstić information content (AvgIpc) is 3.42. The molecular formula is C29H38F3N7O4. The van der Waals surface area contributed by atoms with Crippen LogP contribution in [-0.4, -0.2) is 100 Å². The fraction of sp³-hybridized carbons (Fsp3) is 0.517. The van der Waals surface area contributed by atoms with Gasteiger partial charge in [-0.15, -0.1) is 0 Å². The topological polar surface area (TPSA) is 125 Å². The highest BCUT2D eigenvalue weighted by Gasteiger charge is 2.38. The number of hydrogen-bond donors (Lipinski definition) is 3. The molecule has 3 N–H and O–H groups in total. The minimum absolute atomic E-state index is 0.135. The number of likely N-dealkylation sites (N-methyl/N-ethyl adjacent to an activating group) is 1. The second kappa shape index (κ2) is 14.6. The van der Waals surface area contributed by atoms with Gasteiger partial charge in [-0.2, -0.15) is 18.3 Å². The summed E-state index contributed by atoms with van der Waals surface area (Å²) in [6, 6.07) is 8.82. The van der Waals surface area contributed by atoms with Crippen molar-refractivity contribution in [3.63, 3.8) is 0 Å². The van der Waals surface area contributed by atoms with Crippen molar-refractivity contribution in [2.24, 2.45) is 0 Å². The zero-order valence-corrected chi connectivity index (χ0v) is 24.4. The first kappa shape index (κ1) is 32.2. The average molecular weight is 606 g/mol. The third-order valence-electron chi connectivity index (χ3n) is 7.50. The first-order chi connectivity index (χ1) is 20.5. The highest BCUT2D eigenvalue weighted by atomic mass is 19.4. The molecule has 1 amide bonds. The van der Waals surface area contributed by atoms with Crippen LogP contribution in [0.5, 0.6) is 0 Å². The van der Waals surface area contributed by atoms with Gasteiger partial charge >= 0.3 is 12.1 Å². The van der Waals surface area contributed by atoms with Gasteiger partial charge in [0.15, 0.2) is 5.65 Å². The summed E-state index contributed by atoms with van der Waals surface area (Å²) in [5.41, 5.74) is 4.54. The molecule has 11 nitrogen and oxygen atoms in total. The van der Waals surface area contributed by atoms with Crippen LogP contribution >= 0.6 is 0 Å². The Bertz CT molecular complexity index is 1370. The van der Waals surface area contributed by atoms with Gasteiger partial charge in [-0.1, -0.05) is 24.3 Å². The first-order valence-corrected chi connectivity index (χ1v) is 14.3. The number of carboxylic acids is 1. The molecule has 0 spiro atoms. The van der Waals surface area contributed by atoms with Gasteiger partial charge in [0.05, 0.1) is 22.8 Å². The Labute approximate surface area is 248 Å². The fourth-order valence-electron chi connectivity index (χ4n) is 4.94. The van der Waals surface area contributed by atoms with Crippen molar-refractivity contribution < 1.29 is 32.6 Å². The zero-order chi connectivity index (χ0) is 31.0. The number of amides is 1. The summed E-state index contributed by atoms with van der Waals surface area (Å²) in [5.74, 6) is -2.89. The number of alkyl halides is 3. The van der Waals surface area contributed by atoms with Crippen LogP contribution < -0.4 is 10.6 Å². The third-order valence-corrected chi connectivity index (χ3v) is 7.50. The van der Waals surface area contributed by atoms with Gasteiger partial charge in [0.1, 0.15) is 0 Å². The maximum Gasteiger partial charge on any atom is 0.490 e. The summed E-state index contributed by atoms with van der Waals surface area (Å²) in [7, 11) is 2.18. The number of aromatic nitrogens is 3. The molecule has 2 fully saturated rings. The number of rotatable bonds is 8. The Morgan fingerprint density at radius 3 is 2.28 bits per heavy atom. The SMILES string of the molecule is CCn1ncc2c(NC3CCOCC3)c(C(=O)NCc3ccc(CN4CCN(C)CC4)cc3)cnc21.O=C(O)C(F)(F)F. The van der Waals surface area contributed by atoms with Crippen LogP contribution in [0.15, 0.2) is 36.7 Å². The Morgan fingerprint density at radius 1 is 1.05 bits per heavy atom. The lowest BCUT2D eigenvalue weighted by Gasteiger charge is -2.32. The fourth-order valence-corrected chi connectivity index (χ4v) is 4.94. The van der Waals surface area contributed by atoms with E-state index in [1.54, 1.807) is 6.20 Å². The predicted octanol–water partition coefficient (Wildman–Crippen LogP) is 3.35. The van der Waals surface area contributed by atoms with E-state index >= 15 is 0 Å². The number of fused-ring (bicyclic) bond motifs is 1. The number of hydrogen-bond acceptors (Lipinski definition) is 8. The molecule has 2 aliphatic rings. The molecule has 234 valence electrons. The zero-order valence-electron chi connectivity index (χ0n) is 24.4. The second-order valence-corrected chi connectivity index (χ2v) is 10.7. The molecule has 0 bridgehead atoms. The van der Waals surface area contributed by atoms with Crippen LogP contribution in [0.4, 0.5) is 18.9 Å². The van der Waals surface area contributed by atoms with Gasteiger partial charge in [0.2, 0.25) is 0 Å². The molecule has 2 aromatic heterocycles. The van der Waals surface area contributed by atoms with E-state index < -0.39 is 12.1 Å². The molecule has 0 aliphatic carbocycles. The summed E-state index contributed by atoms with van der Waals surface area (Å²) in [4.78, 5) is 31.6. The number of nitrogens with zero attached hydrogens (tertiary/aromatic N) is 5. The predicted molar refractivity (Wildman–Crippen MR) is 155 cm³/mol. The van der Waals surface area contributed by atoms with Crippen LogP contribution in [-0.2, 0) is 29.2 Å². The van der Waals surface area contributed by atoms with Crippen molar-refractivity contribution in [3.05, 3.63) is 53.3 Å². The Hall–Kier alpha value is -3.75. The van der Waals surface area contributed by atoms with E-state index in [2.05, 4.69) is 61.8 Å². The molecule has 0 unspecified atom stereocenters. The van der Waals surface area contributed by atoms with Crippen LogP contribution in [0, 0.1) is 0 Å². The number of benzene rings is 1. The van der Waals surface area contributed by atoms with Gasteiger partial charge < -0.3 is 25.4 Å². The summed E-state index contributed by atoms with van der Waals surface area (Å²) in [6.45, 7) is 10.1. The highest BCUT2D eigenvalue weighted by molar-refractivity contribution is 6.06. The lowest BCUT2D eigenvalue weighted by Crippen LogP contribution is -2.43. The first-order valence-electron chi connectivity index (χ1n) is 14.3. The van der Waals surface area contributed by atoms with Crippen molar-refractivity contribution in [3.8, 4) is 0 Å². The summed E-state index contributed by atoms with van der Waals surface area (Å²) >= 11 is 0. The van der Waals surface area contributed by atoms with Crippen molar-refractivity contribution in [1.82, 2.24) is 29.9 Å². The molecule has 2 aliphatic heterocycles. The number of nitrogens with one attached hydrogen (secondary N) is 2. The number of carbonyl (C=O) groups excluding carboxylic acids is 1. The number of carbonyl (C=O) groups is 2. The molecular weight excluding hydrogens is 567 g/mol. The van der Waals surface area contributed by atoms with E-state index in [0.29, 0.717) is 12.1 Å². The smallest absolute Gasteiger partial charge is 0.475 e. The molecule has 2 saturated heterocycles. The van der Waals surface area contributed by atoms with Crippen molar-refractivity contribution in [2.75, 3.05) is 51.8 Å². The number of halogens is 3. The lowest BCUT2D eigenvalue weighted by molar-refractivity contribution is -0.192. The lowest BCUT2D eigenvalue weighted by atomic mass is 10.1. The molecule has 0 radical (unpaired) electrons. The van der Waals surface area contributed by atoms with Gasteiger partial charge in [-0.25, -0.2) is 14.5 Å². The second-order valence-electron chi connectivity index (χ2n) is 10.7. The van der Waals surface area contributed by atoms with E-state index in [1.165, 1.54) is 5.56 Å². The molecule has 43 heavy (non-hydrogen) atoms. The normalized spacial score (nSPS) is 16.9. The molecule has 0 atom stereocenters. The van der Waals surface area contributed by atoms with Crippen LogP contribution in [0.1, 0.15) is 41.3 Å². The third kappa shape index (κ3) is 8.88. The number of ether oxygens (including phenoxy) is 1. The van der Waals surface area contributed by atoms with Crippen molar-refractivity contribution in [2.45, 2.75) is 51.6 Å². The van der Waals surface area contributed by atoms with E-state index in [9.17, 15) is 18.0 Å². The number of carboxylic acid groups (broad SMARTS) is 1. The summed E-state index contributed by atoms with van der Waals surface area (Å²) in [5, 5.41) is 19.2. The van der Waals surface area contributed by atoms with E-state index in [0.717, 1.165) is 87.6 Å². The number of piperazine rings is 1. The van der Waals surface area contributed by atoms with Gasteiger partial charge in [-0.3, -0.25) is 9.69 Å². The molecule has 3 aromatic rings. The minimum Gasteiger partial charge on any atom is -0.475 e. The number of aliphatic carboxylic acids is 1. The van der Waals surface area contributed by atoms with E-state index in [4.69, 9.17) is 14.6 Å². The van der Waals surface area contributed by atoms with E-state index in [-0.39, 0.29) is 11.9 Å². The Kier molecular flexibility index (Phi) is 10.9. The van der Waals surface area contributed by atoms with Crippen LogP contribution in [0.3, 0.4) is 0 Å². The van der Waals surface area contributed by atoms with Crippen LogP contribution in [0.25, 0.3) is 11.0 Å². The number of pyridine rings is 1. The maximum atomic E-state index is 13.3. The molecule has 4 heterocycles. The largest absolute Gasteiger partial charge is 0.490 e. The molecule has 14 heteroatoms. The highest BCUT2D eigenvalue weighted by Crippen LogP contribution is 2.28. The van der Waals surface area contributed by atoms with Crippen molar-refractivity contribution >= 4 is 28.6 Å². The molecule has 0 saturated carbocycles. The van der Waals surface area contributed by atoms with Crippen LogP contribution in [0.2, 0.25) is 0 Å². The van der Waals surface area contributed by atoms with Gasteiger partial charge in [0.25, 0.3) is 5.91 Å². The Morgan fingerprint density at radius 2 is 1.67 bits per heavy atom.